The smallest absolute Gasteiger partial charge is 0.147 e. The van der Waals surface area contributed by atoms with E-state index in [0.29, 0.717) is 11.5 Å². The number of nitriles is 1. The van der Waals surface area contributed by atoms with E-state index in [1.165, 1.54) is 0 Å². The molecule has 1 aliphatic heterocycles. The number of rotatable bonds is 3. The third-order valence-electron chi connectivity index (χ3n) is 3.74. The van der Waals surface area contributed by atoms with Gasteiger partial charge < -0.3 is 4.90 Å². The molecular weight excluding hydrogens is 330 g/mol. The molecule has 0 amide bonds. The van der Waals surface area contributed by atoms with Crippen molar-refractivity contribution in [1.29, 1.82) is 5.26 Å². The molecule has 0 unspecified atom stereocenters. The number of aryl methyl sites for hydroxylation is 2. The highest BCUT2D eigenvalue weighted by Gasteiger charge is 2.30. The van der Waals surface area contributed by atoms with Crippen LogP contribution >= 0.6 is 15.9 Å². The number of aromatic nitrogens is 3. The molecule has 108 valence electrons. The van der Waals surface area contributed by atoms with Crippen LogP contribution in [0.15, 0.2) is 22.9 Å². The molecule has 1 aliphatic rings. The Morgan fingerprint density at radius 1 is 1.43 bits per heavy atom. The van der Waals surface area contributed by atoms with Gasteiger partial charge in [-0.1, -0.05) is 0 Å². The molecule has 3 heterocycles. The molecule has 0 spiro atoms. The van der Waals surface area contributed by atoms with Crippen LogP contribution in [0, 0.1) is 31.1 Å². The van der Waals surface area contributed by atoms with Gasteiger partial charge in [0.25, 0.3) is 0 Å². The van der Waals surface area contributed by atoms with Gasteiger partial charge in [0.1, 0.15) is 11.9 Å². The van der Waals surface area contributed by atoms with Gasteiger partial charge in [-0.05, 0) is 41.4 Å². The van der Waals surface area contributed by atoms with Crippen LogP contribution in [0.2, 0.25) is 0 Å². The van der Waals surface area contributed by atoms with Gasteiger partial charge in [-0.2, -0.15) is 10.4 Å². The molecule has 2 aromatic rings. The fourth-order valence-electron chi connectivity index (χ4n) is 2.75. The molecule has 0 aromatic carbocycles. The van der Waals surface area contributed by atoms with Gasteiger partial charge in [-0.25, -0.2) is 4.98 Å². The van der Waals surface area contributed by atoms with Crippen LogP contribution < -0.4 is 4.90 Å². The summed E-state index contributed by atoms with van der Waals surface area (Å²) >= 11 is 3.41. The van der Waals surface area contributed by atoms with Gasteiger partial charge in [-0.3, -0.25) is 4.68 Å². The van der Waals surface area contributed by atoms with Crippen molar-refractivity contribution >= 4 is 21.7 Å². The van der Waals surface area contributed by atoms with E-state index in [0.717, 1.165) is 41.2 Å². The lowest BCUT2D eigenvalue weighted by molar-refractivity contribution is 0.340. The lowest BCUT2D eigenvalue weighted by Gasteiger charge is -2.40. The van der Waals surface area contributed by atoms with E-state index in [1.807, 2.05) is 30.8 Å². The first-order chi connectivity index (χ1) is 10.1. The standard InChI is InChI=1S/C15H16BrN5/c1-10-3-11(2)19-15(14(10)4-17)20-6-12(7-20)8-21-9-13(16)5-18-21/h3,5,9,12H,6-8H2,1-2H3. The van der Waals surface area contributed by atoms with Crippen LogP contribution in [0.25, 0.3) is 0 Å². The van der Waals surface area contributed by atoms with Crippen LogP contribution in [0.5, 0.6) is 0 Å². The summed E-state index contributed by atoms with van der Waals surface area (Å²) in [6.07, 6.45) is 3.79. The van der Waals surface area contributed by atoms with Gasteiger partial charge in [0.15, 0.2) is 0 Å². The maximum Gasteiger partial charge on any atom is 0.147 e. The Labute approximate surface area is 132 Å². The number of hydrogen-bond acceptors (Lipinski definition) is 4. The minimum atomic E-state index is 0.547. The molecule has 21 heavy (non-hydrogen) atoms. The predicted octanol–water partition coefficient (Wildman–Crippen LogP) is 2.67. The minimum Gasteiger partial charge on any atom is -0.355 e. The maximum atomic E-state index is 9.33. The van der Waals surface area contributed by atoms with E-state index in [-0.39, 0.29) is 0 Å². The maximum absolute atomic E-state index is 9.33. The number of hydrogen-bond donors (Lipinski definition) is 0. The summed E-state index contributed by atoms with van der Waals surface area (Å²) in [7, 11) is 0. The first-order valence-corrected chi connectivity index (χ1v) is 7.67. The number of nitrogens with zero attached hydrogens (tertiary/aromatic N) is 5. The average molecular weight is 346 g/mol. The molecule has 0 saturated carbocycles. The van der Waals surface area contributed by atoms with E-state index in [1.54, 1.807) is 6.20 Å². The Balaban J connectivity index is 1.70. The summed E-state index contributed by atoms with van der Waals surface area (Å²) in [6, 6.07) is 4.24. The molecule has 0 bridgehead atoms. The highest BCUT2D eigenvalue weighted by atomic mass is 79.9. The second-order valence-electron chi connectivity index (χ2n) is 5.54. The van der Waals surface area contributed by atoms with Crippen molar-refractivity contribution in [3.63, 3.8) is 0 Å². The largest absolute Gasteiger partial charge is 0.355 e. The summed E-state index contributed by atoms with van der Waals surface area (Å²) in [6.45, 7) is 6.67. The Kier molecular flexibility index (Phi) is 3.68. The fraction of sp³-hybridized carbons (Fsp3) is 0.400. The molecule has 0 N–H and O–H groups in total. The molecule has 6 heteroatoms. The van der Waals surface area contributed by atoms with Crippen LogP contribution in [-0.4, -0.2) is 27.9 Å². The van der Waals surface area contributed by atoms with E-state index < -0.39 is 0 Å². The van der Waals surface area contributed by atoms with Gasteiger partial charge in [-0.15, -0.1) is 0 Å². The second kappa shape index (κ2) is 5.49. The highest BCUT2D eigenvalue weighted by Crippen LogP contribution is 2.29. The normalized spacial score (nSPS) is 14.9. The Hall–Kier alpha value is -1.87. The van der Waals surface area contributed by atoms with Crippen molar-refractivity contribution in [1.82, 2.24) is 14.8 Å². The van der Waals surface area contributed by atoms with E-state index in [4.69, 9.17) is 0 Å². The van der Waals surface area contributed by atoms with E-state index in [2.05, 4.69) is 37.0 Å². The minimum absolute atomic E-state index is 0.547. The van der Waals surface area contributed by atoms with Gasteiger partial charge in [0, 0.05) is 37.4 Å². The molecule has 0 radical (unpaired) electrons. The Morgan fingerprint density at radius 3 is 2.81 bits per heavy atom. The molecule has 0 atom stereocenters. The van der Waals surface area contributed by atoms with Crippen molar-refractivity contribution in [2.24, 2.45) is 5.92 Å². The summed E-state index contributed by atoms with van der Waals surface area (Å²) in [4.78, 5) is 6.73. The first-order valence-electron chi connectivity index (χ1n) is 6.88. The number of pyridine rings is 1. The summed E-state index contributed by atoms with van der Waals surface area (Å²) in [5.74, 6) is 1.37. The zero-order valence-corrected chi connectivity index (χ0v) is 13.6. The topological polar surface area (TPSA) is 57.7 Å². The summed E-state index contributed by atoms with van der Waals surface area (Å²) in [5, 5.41) is 13.6. The van der Waals surface area contributed by atoms with Gasteiger partial charge >= 0.3 is 0 Å². The van der Waals surface area contributed by atoms with Crippen molar-refractivity contribution in [3.05, 3.63) is 39.8 Å². The number of anilines is 1. The average Bonchev–Trinajstić information content (AvgIpc) is 2.78. The fourth-order valence-corrected chi connectivity index (χ4v) is 3.07. The quantitative estimate of drug-likeness (QED) is 0.857. The van der Waals surface area contributed by atoms with Gasteiger partial charge in [0.05, 0.1) is 16.2 Å². The predicted molar refractivity (Wildman–Crippen MR) is 84.1 cm³/mol. The Morgan fingerprint density at radius 2 is 2.19 bits per heavy atom. The lowest BCUT2D eigenvalue weighted by Crippen LogP contribution is -2.49. The first kappa shape index (κ1) is 14.1. The monoisotopic (exact) mass is 345 g/mol. The summed E-state index contributed by atoms with van der Waals surface area (Å²) < 4.78 is 2.95. The van der Waals surface area contributed by atoms with Crippen molar-refractivity contribution in [3.8, 4) is 6.07 Å². The SMILES string of the molecule is Cc1cc(C)c(C#N)c(N2CC(Cn3cc(Br)cn3)C2)n1. The molecule has 5 nitrogen and oxygen atoms in total. The third kappa shape index (κ3) is 2.79. The lowest BCUT2D eigenvalue weighted by atomic mass is 9.98. The van der Waals surface area contributed by atoms with Gasteiger partial charge in [0.2, 0.25) is 0 Å². The zero-order valence-electron chi connectivity index (χ0n) is 12.0. The highest BCUT2D eigenvalue weighted by molar-refractivity contribution is 9.10. The van der Waals surface area contributed by atoms with E-state index in [9.17, 15) is 5.26 Å². The number of halogens is 1. The molecule has 1 fully saturated rings. The second-order valence-corrected chi connectivity index (χ2v) is 6.46. The van der Waals surface area contributed by atoms with E-state index >= 15 is 0 Å². The summed E-state index contributed by atoms with van der Waals surface area (Å²) in [5.41, 5.74) is 2.65. The van der Waals surface area contributed by atoms with Crippen LogP contribution in [0.3, 0.4) is 0 Å². The zero-order chi connectivity index (χ0) is 15.0. The van der Waals surface area contributed by atoms with Crippen LogP contribution in [-0.2, 0) is 6.54 Å². The van der Waals surface area contributed by atoms with Crippen LogP contribution in [0.4, 0.5) is 5.82 Å². The molecule has 0 aliphatic carbocycles. The Bertz CT molecular complexity index is 709. The molecule has 2 aromatic heterocycles. The van der Waals surface area contributed by atoms with Crippen molar-refractivity contribution < 1.29 is 0 Å². The van der Waals surface area contributed by atoms with Crippen molar-refractivity contribution in [2.45, 2.75) is 20.4 Å². The van der Waals surface area contributed by atoms with Crippen LogP contribution in [0.1, 0.15) is 16.8 Å². The molecular formula is C15H16BrN5. The molecule has 1 saturated heterocycles. The third-order valence-corrected chi connectivity index (χ3v) is 4.15. The molecule has 3 rings (SSSR count). The van der Waals surface area contributed by atoms with Crippen molar-refractivity contribution in [2.75, 3.05) is 18.0 Å².